The quantitative estimate of drug-likeness (QED) is 0.831. The molecule has 0 saturated carbocycles. The molecular weight excluding hydrogens is 263 g/mol. The SMILES string of the molecule is FC(F)(F)COCCc1nc(C2CCCNC2)no1. The maximum absolute atomic E-state index is 11.8. The molecule has 1 fully saturated rings. The molecule has 1 aromatic heterocycles. The van der Waals surface area contributed by atoms with Crippen molar-refractivity contribution < 1.29 is 22.4 Å². The first-order valence-electron chi connectivity index (χ1n) is 6.22. The second-order valence-corrected chi connectivity index (χ2v) is 4.51. The van der Waals surface area contributed by atoms with Gasteiger partial charge in [-0.3, -0.25) is 0 Å². The molecule has 0 radical (unpaired) electrons. The summed E-state index contributed by atoms with van der Waals surface area (Å²) in [5.74, 6) is 1.17. The van der Waals surface area contributed by atoms with E-state index in [2.05, 4.69) is 20.2 Å². The molecule has 1 aromatic rings. The fraction of sp³-hybridized carbons (Fsp3) is 0.818. The minimum Gasteiger partial charge on any atom is -0.372 e. The van der Waals surface area contributed by atoms with Gasteiger partial charge in [0.1, 0.15) is 6.61 Å². The summed E-state index contributed by atoms with van der Waals surface area (Å²) in [5, 5.41) is 7.10. The van der Waals surface area contributed by atoms with Crippen LogP contribution in [0.2, 0.25) is 0 Å². The molecule has 0 bridgehead atoms. The van der Waals surface area contributed by atoms with Crippen LogP contribution in [0.3, 0.4) is 0 Å². The zero-order chi connectivity index (χ0) is 13.7. The molecule has 108 valence electrons. The van der Waals surface area contributed by atoms with Gasteiger partial charge in [0.15, 0.2) is 5.82 Å². The highest BCUT2D eigenvalue weighted by Gasteiger charge is 2.27. The van der Waals surface area contributed by atoms with Crippen molar-refractivity contribution in [2.75, 3.05) is 26.3 Å². The number of hydrogen-bond donors (Lipinski definition) is 1. The van der Waals surface area contributed by atoms with Crippen molar-refractivity contribution in [2.45, 2.75) is 31.4 Å². The zero-order valence-corrected chi connectivity index (χ0v) is 10.4. The second-order valence-electron chi connectivity index (χ2n) is 4.51. The average molecular weight is 279 g/mol. The number of hydrogen-bond acceptors (Lipinski definition) is 5. The Bertz CT molecular complexity index is 389. The van der Waals surface area contributed by atoms with Gasteiger partial charge in [-0.05, 0) is 19.4 Å². The van der Waals surface area contributed by atoms with Gasteiger partial charge in [0.2, 0.25) is 5.89 Å². The van der Waals surface area contributed by atoms with E-state index in [1.807, 2.05) is 0 Å². The first kappa shape index (κ1) is 14.3. The van der Waals surface area contributed by atoms with Crippen LogP contribution < -0.4 is 5.32 Å². The van der Waals surface area contributed by atoms with E-state index in [1.54, 1.807) is 0 Å². The van der Waals surface area contributed by atoms with Gasteiger partial charge in [0, 0.05) is 12.5 Å². The van der Waals surface area contributed by atoms with E-state index in [0.717, 1.165) is 25.9 Å². The lowest BCUT2D eigenvalue weighted by Gasteiger charge is -2.19. The van der Waals surface area contributed by atoms with Crippen LogP contribution in [0, 0.1) is 0 Å². The maximum Gasteiger partial charge on any atom is 0.411 e. The van der Waals surface area contributed by atoms with E-state index in [1.165, 1.54) is 0 Å². The van der Waals surface area contributed by atoms with Crippen LogP contribution in [0.5, 0.6) is 0 Å². The van der Waals surface area contributed by atoms with E-state index >= 15 is 0 Å². The number of halogens is 3. The molecule has 0 spiro atoms. The van der Waals surface area contributed by atoms with Crippen LogP contribution in [0.4, 0.5) is 13.2 Å². The van der Waals surface area contributed by atoms with Gasteiger partial charge in [-0.2, -0.15) is 18.2 Å². The van der Waals surface area contributed by atoms with Gasteiger partial charge in [0.05, 0.1) is 13.0 Å². The fourth-order valence-electron chi connectivity index (χ4n) is 1.95. The highest BCUT2D eigenvalue weighted by molar-refractivity contribution is 4.98. The van der Waals surface area contributed by atoms with Crippen LogP contribution in [0.25, 0.3) is 0 Å². The molecule has 0 amide bonds. The summed E-state index contributed by atoms with van der Waals surface area (Å²) in [6.07, 6.45) is -2.04. The largest absolute Gasteiger partial charge is 0.411 e. The molecule has 19 heavy (non-hydrogen) atoms. The van der Waals surface area contributed by atoms with E-state index in [-0.39, 0.29) is 18.9 Å². The topological polar surface area (TPSA) is 60.2 Å². The smallest absolute Gasteiger partial charge is 0.372 e. The molecule has 1 aliphatic rings. The first-order valence-corrected chi connectivity index (χ1v) is 6.22. The molecule has 5 nitrogen and oxygen atoms in total. The molecule has 1 atom stereocenters. The fourth-order valence-corrected chi connectivity index (χ4v) is 1.95. The summed E-state index contributed by atoms with van der Waals surface area (Å²) in [6, 6.07) is 0. The molecular formula is C11H16F3N3O2. The second kappa shape index (κ2) is 6.33. The highest BCUT2D eigenvalue weighted by atomic mass is 19.4. The van der Waals surface area contributed by atoms with Crippen molar-refractivity contribution in [3.05, 3.63) is 11.7 Å². The number of ether oxygens (including phenoxy) is 1. The van der Waals surface area contributed by atoms with Crippen molar-refractivity contribution in [1.29, 1.82) is 0 Å². The van der Waals surface area contributed by atoms with Crippen molar-refractivity contribution in [3.8, 4) is 0 Å². The predicted octanol–water partition coefficient (Wildman–Crippen LogP) is 1.66. The first-order chi connectivity index (χ1) is 9.04. The zero-order valence-electron chi connectivity index (χ0n) is 10.4. The van der Waals surface area contributed by atoms with Gasteiger partial charge in [0.25, 0.3) is 0 Å². The summed E-state index contributed by atoms with van der Waals surface area (Å²) in [5.41, 5.74) is 0. The van der Waals surface area contributed by atoms with Crippen LogP contribution in [0.1, 0.15) is 30.5 Å². The number of nitrogens with zero attached hydrogens (tertiary/aromatic N) is 2. The Morgan fingerprint density at radius 1 is 1.42 bits per heavy atom. The summed E-state index contributed by atoms with van der Waals surface area (Å²) < 4.78 is 45.0. The minimum absolute atomic E-state index is 0.0793. The average Bonchev–Trinajstić information content (AvgIpc) is 2.83. The predicted molar refractivity (Wildman–Crippen MR) is 59.7 cm³/mol. The Balaban J connectivity index is 1.74. The Morgan fingerprint density at radius 2 is 2.26 bits per heavy atom. The van der Waals surface area contributed by atoms with E-state index in [9.17, 15) is 13.2 Å². The number of rotatable bonds is 5. The molecule has 1 aliphatic heterocycles. The standard InChI is InChI=1S/C11H16F3N3O2/c12-11(13,14)7-18-5-3-9-16-10(17-19-9)8-2-1-4-15-6-8/h8,15H,1-7H2. The summed E-state index contributed by atoms with van der Waals surface area (Å²) >= 11 is 0. The van der Waals surface area contributed by atoms with Crippen molar-refractivity contribution in [1.82, 2.24) is 15.5 Å². The normalized spacial score (nSPS) is 20.7. The van der Waals surface area contributed by atoms with Gasteiger partial charge >= 0.3 is 6.18 Å². The number of aromatic nitrogens is 2. The van der Waals surface area contributed by atoms with Crippen LogP contribution in [0.15, 0.2) is 4.52 Å². The van der Waals surface area contributed by atoms with Gasteiger partial charge in [-0.1, -0.05) is 5.16 Å². The molecule has 1 unspecified atom stereocenters. The third-order valence-corrected chi connectivity index (χ3v) is 2.87. The van der Waals surface area contributed by atoms with Gasteiger partial charge in [-0.15, -0.1) is 0 Å². The Labute approximate surface area is 108 Å². The molecule has 0 aliphatic carbocycles. The molecule has 2 rings (SSSR count). The molecule has 2 heterocycles. The minimum atomic E-state index is -4.30. The third kappa shape index (κ3) is 4.79. The Hall–Kier alpha value is -1.15. The molecule has 8 heteroatoms. The monoisotopic (exact) mass is 279 g/mol. The highest BCUT2D eigenvalue weighted by Crippen LogP contribution is 2.20. The number of piperidine rings is 1. The molecule has 0 aromatic carbocycles. The Morgan fingerprint density at radius 3 is 2.95 bits per heavy atom. The van der Waals surface area contributed by atoms with Gasteiger partial charge in [-0.25, -0.2) is 0 Å². The summed E-state index contributed by atoms with van der Waals surface area (Å²) in [4.78, 5) is 4.19. The lowest BCUT2D eigenvalue weighted by molar-refractivity contribution is -0.173. The van der Waals surface area contributed by atoms with E-state index in [0.29, 0.717) is 11.7 Å². The number of alkyl halides is 3. The lowest BCUT2D eigenvalue weighted by Crippen LogP contribution is -2.28. The van der Waals surface area contributed by atoms with E-state index in [4.69, 9.17) is 4.52 Å². The Kier molecular flexibility index (Phi) is 4.76. The molecule has 1 saturated heterocycles. The van der Waals surface area contributed by atoms with Crippen molar-refractivity contribution >= 4 is 0 Å². The van der Waals surface area contributed by atoms with Crippen molar-refractivity contribution in [2.24, 2.45) is 0 Å². The molecule has 1 N–H and O–H groups in total. The van der Waals surface area contributed by atoms with Crippen LogP contribution in [-0.4, -0.2) is 42.6 Å². The third-order valence-electron chi connectivity index (χ3n) is 2.87. The van der Waals surface area contributed by atoms with E-state index < -0.39 is 12.8 Å². The summed E-state index contributed by atoms with van der Waals surface area (Å²) in [7, 11) is 0. The maximum atomic E-state index is 11.8. The number of nitrogens with one attached hydrogen (secondary N) is 1. The van der Waals surface area contributed by atoms with Crippen LogP contribution >= 0.6 is 0 Å². The summed E-state index contributed by atoms with van der Waals surface area (Å²) in [6.45, 7) is 0.473. The van der Waals surface area contributed by atoms with Gasteiger partial charge < -0.3 is 14.6 Å². The van der Waals surface area contributed by atoms with Crippen molar-refractivity contribution in [3.63, 3.8) is 0 Å². The lowest BCUT2D eigenvalue weighted by atomic mass is 9.99. The van der Waals surface area contributed by atoms with Crippen LogP contribution in [-0.2, 0) is 11.2 Å².